The van der Waals surface area contributed by atoms with E-state index >= 15 is 0 Å². The number of hydrogen-bond acceptors (Lipinski definition) is 5. The lowest BCUT2D eigenvalue weighted by Crippen LogP contribution is -2.49. The maximum Gasteiger partial charge on any atom is 0.410 e. The molecule has 1 aliphatic rings. The molecule has 0 bridgehead atoms. The maximum absolute atomic E-state index is 12.7. The molecule has 0 aliphatic carbocycles. The normalized spacial score (nSPS) is 18.8. The molecule has 0 radical (unpaired) electrons. The zero-order valence-electron chi connectivity index (χ0n) is 18.6. The Kier molecular flexibility index (Phi) is 7.10. The van der Waals surface area contributed by atoms with Crippen LogP contribution in [0.25, 0.3) is 0 Å². The van der Waals surface area contributed by atoms with Crippen LogP contribution in [-0.2, 0) is 14.3 Å². The highest BCUT2D eigenvalue weighted by Gasteiger charge is 2.36. The number of hydrogen-bond donors (Lipinski definition) is 0. The smallest absolute Gasteiger partial charge is 0.410 e. The molecule has 1 saturated heterocycles. The van der Waals surface area contributed by atoms with Gasteiger partial charge in [0.05, 0.1) is 24.8 Å². The van der Waals surface area contributed by atoms with Crippen molar-refractivity contribution in [1.82, 2.24) is 4.90 Å². The Morgan fingerprint density at radius 3 is 1.97 bits per heavy atom. The van der Waals surface area contributed by atoms with Crippen LogP contribution >= 0.6 is 0 Å². The van der Waals surface area contributed by atoms with Crippen LogP contribution in [0.4, 0.5) is 4.79 Å². The third-order valence-corrected chi connectivity index (χ3v) is 5.02. The summed E-state index contributed by atoms with van der Waals surface area (Å²) in [7, 11) is 1.37. The van der Waals surface area contributed by atoms with Gasteiger partial charge in [-0.1, -0.05) is 60.7 Å². The zero-order valence-corrected chi connectivity index (χ0v) is 18.6. The van der Waals surface area contributed by atoms with E-state index < -0.39 is 17.6 Å². The van der Waals surface area contributed by atoms with E-state index in [1.165, 1.54) is 7.11 Å². The fourth-order valence-electron chi connectivity index (χ4n) is 3.67. The standard InChI is InChI=1S/C25H30N2O4/c1-25(2,3)31-24(29)27-16-20(23(28)30-4)15-21(17-27)26-22(18-11-7-5-8-12-18)19-13-9-6-10-14-19/h5-14,20-21H,15-17H2,1-4H3. The second kappa shape index (κ2) is 9.77. The zero-order chi connectivity index (χ0) is 22.4. The molecule has 2 aromatic rings. The molecular weight excluding hydrogens is 392 g/mol. The minimum atomic E-state index is -0.618. The number of nitrogens with zero attached hydrogens (tertiary/aromatic N) is 2. The molecule has 0 spiro atoms. The minimum absolute atomic E-state index is 0.263. The number of carbonyl (C=O) groups is 2. The molecule has 6 heteroatoms. The van der Waals surface area contributed by atoms with Gasteiger partial charge in [0.1, 0.15) is 5.60 Å². The highest BCUT2D eigenvalue weighted by atomic mass is 16.6. The van der Waals surface area contributed by atoms with E-state index in [1.54, 1.807) is 4.90 Å². The van der Waals surface area contributed by atoms with E-state index in [0.717, 1.165) is 16.8 Å². The Balaban J connectivity index is 1.95. The van der Waals surface area contributed by atoms with E-state index in [-0.39, 0.29) is 18.6 Å². The van der Waals surface area contributed by atoms with Gasteiger partial charge in [-0.2, -0.15) is 0 Å². The van der Waals surface area contributed by atoms with Gasteiger partial charge in [-0.3, -0.25) is 9.79 Å². The predicted octanol–water partition coefficient (Wildman–Crippen LogP) is 4.32. The Morgan fingerprint density at radius 1 is 0.935 bits per heavy atom. The molecule has 1 amide bonds. The first-order valence-electron chi connectivity index (χ1n) is 10.5. The van der Waals surface area contributed by atoms with E-state index in [2.05, 4.69) is 0 Å². The molecule has 164 valence electrons. The van der Waals surface area contributed by atoms with Crippen molar-refractivity contribution in [1.29, 1.82) is 0 Å². The summed E-state index contributed by atoms with van der Waals surface area (Å²) >= 11 is 0. The number of methoxy groups -OCH3 is 1. The summed E-state index contributed by atoms with van der Waals surface area (Å²) in [5.41, 5.74) is 2.18. The first-order chi connectivity index (χ1) is 14.8. The molecule has 1 heterocycles. The molecule has 2 unspecified atom stereocenters. The second-order valence-corrected chi connectivity index (χ2v) is 8.70. The molecule has 2 aromatic carbocycles. The summed E-state index contributed by atoms with van der Waals surface area (Å²) in [5, 5.41) is 0. The predicted molar refractivity (Wildman–Crippen MR) is 120 cm³/mol. The van der Waals surface area contributed by atoms with Crippen LogP contribution in [0, 0.1) is 5.92 Å². The van der Waals surface area contributed by atoms with E-state index in [0.29, 0.717) is 13.0 Å². The Hall–Kier alpha value is -3.15. The summed E-state index contributed by atoms with van der Waals surface area (Å²) in [6, 6.07) is 19.6. The van der Waals surface area contributed by atoms with Crippen LogP contribution in [0.5, 0.6) is 0 Å². The van der Waals surface area contributed by atoms with E-state index in [1.807, 2.05) is 81.4 Å². The molecular formula is C25H30N2O4. The first kappa shape index (κ1) is 22.5. The number of amides is 1. The molecule has 3 rings (SSSR count). The molecule has 0 saturated carbocycles. The van der Waals surface area contributed by atoms with Crippen molar-refractivity contribution in [2.45, 2.75) is 38.8 Å². The Bertz CT molecular complexity index is 878. The summed E-state index contributed by atoms with van der Waals surface area (Å²) in [5.74, 6) is -0.790. The topological polar surface area (TPSA) is 68.2 Å². The fourth-order valence-corrected chi connectivity index (χ4v) is 3.67. The summed E-state index contributed by atoms with van der Waals surface area (Å²) in [6.45, 7) is 6.12. The highest BCUT2D eigenvalue weighted by molar-refractivity contribution is 6.13. The van der Waals surface area contributed by atoms with Crippen LogP contribution in [0.1, 0.15) is 38.3 Å². The van der Waals surface area contributed by atoms with Gasteiger partial charge in [0.2, 0.25) is 0 Å². The SMILES string of the molecule is COC(=O)C1CC(N=C(c2ccccc2)c2ccccc2)CN(C(=O)OC(C)(C)C)C1. The number of ether oxygens (including phenoxy) is 2. The van der Waals surface area contributed by atoms with Crippen molar-refractivity contribution in [3.05, 3.63) is 71.8 Å². The lowest BCUT2D eigenvalue weighted by Gasteiger charge is -2.36. The van der Waals surface area contributed by atoms with Crippen LogP contribution in [0.15, 0.2) is 65.7 Å². The van der Waals surface area contributed by atoms with Gasteiger partial charge in [-0.25, -0.2) is 4.79 Å². The van der Waals surface area contributed by atoms with Gasteiger partial charge in [0.25, 0.3) is 0 Å². The number of benzene rings is 2. The van der Waals surface area contributed by atoms with E-state index in [4.69, 9.17) is 14.5 Å². The molecule has 6 nitrogen and oxygen atoms in total. The third kappa shape index (κ3) is 6.17. The fraction of sp³-hybridized carbons (Fsp3) is 0.400. The average molecular weight is 423 g/mol. The molecule has 31 heavy (non-hydrogen) atoms. The number of likely N-dealkylation sites (tertiary alicyclic amines) is 1. The molecule has 2 atom stereocenters. The van der Waals surface area contributed by atoms with Crippen molar-refractivity contribution in [2.24, 2.45) is 10.9 Å². The monoisotopic (exact) mass is 422 g/mol. The number of esters is 1. The summed E-state index contributed by atoms with van der Waals surface area (Å²) < 4.78 is 10.5. The van der Waals surface area contributed by atoms with Gasteiger partial charge in [0, 0.05) is 24.2 Å². The Labute approximate surface area is 183 Å². The molecule has 1 aliphatic heterocycles. The number of aliphatic imine (C=N–C) groups is 1. The molecule has 0 aromatic heterocycles. The maximum atomic E-state index is 12.7. The van der Waals surface area contributed by atoms with Crippen LogP contribution in [-0.4, -0.2) is 54.5 Å². The summed E-state index contributed by atoms with van der Waals surface area (Å²) in [4.78, 5) is 31.7. The molecule has 0 N–H and O–H groups in total. The van der Waals surface area contributed by atoms with Crippen LogP contribution < -0.4 is 0 Å². The van der Waals surface area contributed by atoms with Crippen LogP contribution in [0.2, 0.25) is 0 Å². The molecule has 1 fully saturated rings. The van der Waals surface area contributed by atoms with E-state index in [9.17, 15) is 9.59 Å². The van der Waals surface area contributed by atoms with Gasteiger partial charge in [0.15, 0.2) is 0 Å². The number of piperidine rings is 1. The second-order valence-electron chi connectivity index (χ2n) is 8.70. The lowest BCUT2D eigenvalue weighted by molar-refractivity contribution is -0.147. The largest absolute Gasteiger partial charge is 0.469 e. The Morgan fingerprint density at radius 2 is 1.48 bits per heavy atom. The highest BCUT2D eigenvalue weighted by Crippen LogP contribution is 2.24. The number of carbonyl (C=O) groups excluding carboxylic acids is 2. The quantitative estimate of drug-likeness (QED) is 0.544. The van der Waals surface area contributed by atoms with Crippen LogP contribution in [0.3, 0.4) is 0 Å². The van der Waals surface area contributed by atoms with Gasteiger partial charge in [-0.05, 0) is 27.2 Å². The summed E-state index contributed by atoms with van der Waals surface area (Å²) in [6.07, 6.45) is 0.0667. The number of rotatable bonds is 4. The average Bonchev–Trinajstić information content (AvgIpc) is 2.76. The van der Waals surface area contributed by atoms with Crippen molar-refractivity contribution in [3.8, 4) is 0 Å². The van der Waals surface area contributed by atoms with Gasteiger partial charge >= 0.3 is 12.1 Å². The first-order valence-corrected chi connectivity index (χ1v) is 10.5. The third-order valence-electron chi connectivity index (χ3n) is 5.02. The van der Waals surface area contributed by atoms with Crippen molar-refractivity contribution in [2.75, 3.05) is 20.2 Å². The van der Waals surface area contributed by atoms with Crippen molar-refractivity contribution < 1.29 is 19.1 Å². The lowest BCUT2D eigenvalue weighted by atomic mass is 9.94. The van der Waals surface area contributed by atoms with Crippen molar-refractivity contribution in [3.63, 3.8) is 0 Å². The minimum Gasteiger partial charge on any atom is -0.469 e. The van der Waals surface area contributed by atoms with Gasteiger partial charge in [-0.15, -0.1) is 0 Å². The van der Waals surface area contributed by atoms with Gasteiger partial charge < -0.3 is 14.4 Å². The van der Waals surface area contributed by atoms with Crippen molar-refractivity contribution >= 4 is 17.8 Å².